The molecule has 19 heavy (non-hydrogen) atoms. The van der Waals surface area contributed by atoms with Crippen LogP contribution in [-0.4, -0.2) is 24.8 Å². The normalized spacial score (nSPS) is 16.1. The van der Waals surface area contributed by atoms with Crippen molar-refractivity contribution in [3.8, 4) is 11.5 Å². The van der Waals surface area contributed by atoms with Crippen LogP contribution in [0.2, 0.25) is 0 Å². The van der Waals surface area contributed by atoms with Gasteiger partial charge in [0.1, 0.15) is 17.1 Å². The van der Waals surface area contributed by atoms with Gasteiger partial charge in [-0.15, -0.1) is 0 Å². The largest absolute Gasteiger partial charge is 0.507 e. The van der Waals surface area contributed by atoms with Gasteiger partial charge < -0.3 is 14.6 Å². The molecule has 0 atom stereocenters. The number of carbonyl (C=O) groups excluding carboxylic acids is 1. The highest BCUT2D eigenvalue weighted by Crippen LogP contribution is 2.29. The Morgan fingerprint density at radius 1 is 1.32 bits per heavy atom. The van der Waals surface area contributed by atoms with Gasteiger partial charge in [0, 0.05) is 0 Å². The zero-order valence-corrected chi connectivity index (χ0v) is 11.2. The number of ether oxygens (including phenoxy) is 2. The molecule has 1 aromatic carbocycles. The fraction of sp³-hybridized carbons (Fsp3) is 0.533. The molecule has 1 aliphatic carbocycles. The van der Waals surface area contributed by atoms with E-state index in [1.165, 1.54) is 32.4 Å². The fourth-order valence-corrected chi connectivity index (χ4v) is 2.51. The van der Waals surface area contributed by atoms with Gasteiger partial charge in [-0.05, 0) is 30.9 Å². The average molecular weight is 264 g/mol. The van der Waals surface area contributed by atoms with E-state index >= 15 is 0 Å². The van der Waals surface area contributed by atoms with Crippen molar-refractivity contribution in [1.29, 1.82) is 0 Å². The predicted octanol–water partition coefficient (Wildman–Crippen LogP) is 3.14. The molecule has 0 aliphatic heterocycles. The lowest BCUT2D eigenvalue weighted by atomic mass is 9.90. The van der Waals surface area contributed by atoms with Crippen molar-refractivity contribution in [3.05, 3.63) is 23.8 Å². The van der Waals surface area contributed by atoms with Gasteiger partial charge in [0.15, 0.2) is 0 Å². The van der Waals surface area contributed by atoms with Gasteiger partial charge in [0.05, 0.1) is 13.7 Å². The number of hydrogen-bond acceptors (Lipinski definition) is 4. The van der Waals surface area contributed by atoms with Crippen LogP contribution in [0, 0.1) is 5.92 Å². The molecular formula is C15H20O4. The van der Waals surface area contributed by atoms with E-state index in [1.54, 1.807) is 12.1 Å². The second kappa shape index (κ2) is 6.45. The Kier molecular flexibility index (Phi) is 4.66. The van der Waals surface area contributed by atoms with Crippen LogP contribution < -0.4 is 4.74 Å². The summed E-state index contributed by atoms with van der Waals surface area (Å²) in [7, 11) is 1.46. The minimum absolute atomic E-state index is 0.104. The van der Waals surface area contributed by atoms with E-state index in [0.29, 0.717) is 18.3 Å². The summed E-state index contributed by atoms with van der Waals surface area (Å²) in [5, 5.41) is 9.75. The van der Waals surface area contributed by atoms with Crippen LogP contribution in [0.4, 0.5) is 0 Å². The van der Waals surface area contributed by atoms with Crippen molar-refractivity contribution < 1.29 is 19.4 Å². The quantitative estimate of drug-likeness (QED) is 0.849. The number of phenolic OH excluding ortho intramolecular Hbond substituents is 1. The van der Waals surface area contributed by atoms with Gasteiger partial charge in [-0.3, -0.25) is 0 Å². The van der Waals surface area contributed by atoms with Crippen molar-refractivity contribution in [2.75, 3.05) is 13.7 Å². The van der Waals surface area contributed by atoms with Crippen molar-refractivity contribution in [2.45, 2.75) is 32.1 Å². The maximum atomic E-state index is 12.0. The van der Waals surface area contributed by atoms with E-state index in [1.807, 2.05) is 0 Å². The SMILES string of the molecule is COc1cccc(O)c1C(=O)OCC1CCCCC1. The number of phenols is 1. The molecule has 0 unspecified atom stereocenters. The fourth-order valence-electron chi connectivity index (χ4n) is 2.51. The summed E-state index contributed by atoms with van der Waals surface area (Å²) in [4.78, 5) is 12.0. The average Bonchev–Trinajstić information content (AvgIpc) is 2.45. The first kappa shape index (κ1) is 13.7. The molecule has 0 aromatic heterocycles. The van der Waals surface area contributed by atoms with Crippen LogP contribution >= 0.6 is 0 Å². The number of hydrogen-bond donors (Lipinski definition) is 1. The Bertz CT molecular complexity index is 436. The molecule has 1 saturated carbocycles. The summed E-state index contributed by atoms with van der Waals surface area (Å²) < 4.78 is 10.4. The number of aromatic hydroxyl groups is 1. The van der Waals surface area contributed by atoms with E-state index < -0.39 is 5.97 Å². The number of benzene rings is 1. The zero-order chi connectivity index (χ0) is 13.7. The summed E-state index contributed by atoms with van der Waals surface area (Å²) >= 11 is 0. The number of rotatable bonds is 4. The first-order chi connectivity index (χ1) is 9.22. The molecule has 1 aliphatic rings. The van der Waals surface area contributed by atoms with E-state index in [0.717, 1.165) is 12.8 Å². The molecule has 1 aromatic rings. The second-order valence-electron chi connectivity index (χ2n) is 4.96. The third-order valence-electron chi connectivity index (χ3n) is 3.60. The van der Waals surface area contributed by atoms with E-state index in [4.69, 9.17) is 9.47 Å². The highest BCUT2D eigenvalue weighted by molar-refractivity contribution is 5.95. The number of methoxy groups -OCH3 is 1. The Morgan fingerprint density at radius 2 is 2.05 bits per heavy atom. The van der Waals surface area contributed by atoms with Crippen LogP contribution in [0.15, 0.2) is 18.2 Å². The molecule has 0 spiro atoms. The summed E-state index contributed by atoms with van der Waals surface area (Å²) in [6.07, 6.45) is 5.93. The van der Waals surface area contributed by atoms with Crippen LogP contribution in [-0.2, 0) is 4.74 Å². The van der Waals surface area contributed by atoms with Crippen LogP contribution in [0.25, 0.3) is 0 Å². The molecular weight excluding hydrogens is 244 g/mol. The van der Waals surface area contributed by atoms with Crippen molar-refractivity contribution in [2.24, 2.45) is 5.92 Å². The summed E-state index contributed by atoms with van der Waals surface area (Å²) in [5.74, 6) is 0.178. The van der Waals surface area contributed by atoms with Crippen LogP contribution in [0.1, 0.15) is 42.5 Å². The molecule has 0 saturated heterocycles. The maximum absolute atomic E-state index is 12.0. The smallest absolute Gasteiger partial charge is 0.345 e. The highest BCUT2D eigenvalue weighted by atomic mass is 16.5. The maximum Gasteiger partial charge on any atom is 0.345 e. The molecule has 1 N–H and O–H groups in total. The standard InChI is InChI=1S/C15H20O4/c1-18-13-9-5-8-12(16)14(13)15(17)19-10-11-6-3-2-4-7-11/h5,8-9,11,16H,2-4,6-7,10H2,1H3. The van der Waals surface area contributed by atoms with E-state index in [2.05, 4.69) is 0 Å². The number of esters is 1. The van der Waals surface area contributed by atoms with E-state index in [9.17, 15) is 9.90 Å². The number of carbonyl (C=O) groups is 1. The van der Waals surface area contributed by atoms with Crippen molar-refractivity contribution >= 4 is 5.97 Å². The van der Waals surface area contributed by atoms with Crippen molar-refractivity contribution in [1.82, 2.24) is 0 Å². The molecule has 0 amide bonds. The summed E-state index contributed by atoms with van der Waals surface area (Å²) in [5.41, 5.74) is 0.112. The third kappa shape index (κ3) is 3.40. The summed E-state index contributed by atoms with van der Waals surface area (Å²) in [6.45, 7) is 0.427. The van der Waals surface area contributed by atoms with Gasteiger partial charge in [0.25, 0.3) is 0 Å². The molecule has 104 valence electrons. The minimum Gasteiger partial charge on any atom is -0.507 e. The molecule has 4 heteroatoms. The molecule has 0 bridgehead atoms. The van der Waals surface area contributed by atoms with Gasteiger partial charge in [-0.1, -0.05) is 25.3 Å². The van der Waals surface area contributed by atoms with Gasteiger partial charge in [-0.2, -0.15) is 0 Å². The van der Waals surface area contributed by atoms with Gasteiger partial charge in [-0.25, -0.2) is 4.79 Å². The van der Waals surface area contributed by atoms with Crippen LogP contribution in [0.5, 0.6) is 11.5 Å². The lowest BCUT2D eigenvalue weighted by Crippen LogP contribution is -2.17. The lowest BCUT2D eigenvalue weighted by Gasteiger charge is -2.21. The van der Waals surface area contributed by atoms with Crippen LogP contribution in [0.3, 0.4) is 0 Å². The molecule has 2 rings (SSSR count). The Balaban J connectivity index is 1.99. The third-order valence-corrected chi connectivity index (χ3v) is 3.60. The zero-order valence-electron chi connectivity index (χ0n) is 11.2. The van der Waals surface area contributed by atoms with E-state index in [-0.39, 0.29) is 11.3 Å². The summed E-state index contributed by atoms with van der Waals surface area (Å²) in [6, 6.07) is 4.72. The first-order valence-electron chi connectivity index (χ1n) is 6.75. The first-order valence-corrected chi connectivity index (χ1v) is 6.75. The molecule has 4 nitrogen and oxygen atoms in total. The second-order valence-corrected chi connectivity index (χ2v) is 4.96. The molecule has 1 fully saturated rings. The topological polar surface area (TPSA) is 55.8 Å². The van der Waals surface area contributed by atoms with Gasteiger partial charge in [0.2, 0.25) is 0 Å². The monoisotopic (exact) mass is 264 g/mol. The minimum atomic E-state index is -0.513. The molecule has 0 heterocycles. The highest BCUT2D eigenvalue weighted by Gasteiger charge is 2.21. The Labute approximate surface area is 113 Å². The lowest BCUT2D eigenvalue weighted by molar-refractivity contribution is 0.0403. The molecule has 0 radical (unpaired) electrons. The van der Waals surface area contributed by atoms with Crippen molar-refractivity contribution in [3.63, 3.8) is 0 Å². The Morgan fingerprint density at radius 3 is 2.74 bits per heavy atom. The van der Waals surface area contributed by atoms with Gasteiger partial charge >= 0.3 is 5.97 Å². The predicted molar refractivity (Wildman–Crippen MR) is 71.5 cm³/mol. The Hall–Kier alpha value is -1.71.